The van der Waals surface area contributed by atoms with Gasteiger partial charge in [-0.15, -0.1) is 12.4 Å². The number of carbonyl (C=O) groups excluding carboxylic acids is 1. The Morgan fingerprint density at radius 2 is 1.64 bits per heavy atom. The van der Waals surface area contributed by atoms with Crippen molar-refractivity contribution in [2.24, 2.45) is 5.73 Å². The molecule has 1 atom stereocenters. The van der Waals surface area contributed by atoms with Crippen LogP contribution in [0.15, 0.2) is 24.3 Å². The number of hydrogen-bond acceptors (Lipinski definition) is 3. The Balaban J connectivity index is 0.00000242. The minimum absolute atomic E-state index is 0. The molecule has 5 heteroatoms. The average Bonchev–Trinajstić information content (AvgIpc) is 2.48. The monoisotopic (exact) mass is 326 g/mol. The van der Waals surface area contributed by atoms with E-state index in [9.17, 15) is 4.79 Å². The van der Waals surface area contributed by atoms with E-state index in [1.54, 1.807) is 0 Å². The Hall–Kier alpha value is -1.10. The third kappa shape index (κ3) is 4.45. The summed E-state index contributed by atoms with van der Waals surface area (Å²) in [5.41, 5.74) is 7.82. The topological polar surface area (TPSA) is 64.4 Å². The van der Waals surface area contributed by atoms with E-state index in [2.05, 4.69) is 43.4 Å². The number of ether oxygens (including phenoxy) is 1. The first-order valence-corrected chi connectivity index (χ1v) is 7.70. The predicted molar refractivity (Wildman–Crippen MR) is 91.3 cm³/mol. The maximum atomic E-state index is 12.4. The summed E-state index contributed by atoms with van der Waals surface area (Å²) in [4.78, 5) is 12.4. The van der Waals surface area contributed by atoms with Crippen molar-refractivity contribution in [2.45, 2.75) is 51.1 Å². The van der Waals surface area contributed by atoms with Crippen LogP contribution in [-0.2, 0) is 9.53 Å². The van der Waals surface area contributed by atoms with Crippen molar-refractivity contribution >= 4 is 18.3 Å². The van der Waals surface area contributed by atoms with Crippen molar-refractivity contribution in [3.63, 3.8) is 0 Å². The van der Waals surface area contributed by atoms with Gasteiger partial charge in [-0.2, -0.15) is 0 Å². The molecule has 1 saturated heterocycles. The van der Waals surface area contributed by atoms with Gasteiger partial charge in [0, 0.05) is 13.2 Å². The van der Waals surface area contributed by atoms with E-state index in [0.717, 1.165) is 5.56 Å². The average molecular weight is 327 g/mol. The molecule has 0 bridgehead atoms. The van der Waals surface area contributed by atoms with Crippen LogP contribution in [0.2, 0.25) is 0 Å². The van der Waals surface area contributed by atoms with Gasteiger partial charge < -0.3 is 15.8 Å². The van der Waals surface area contributed by atoms with Gasteiger partial charge in [0.25, 0.3) is 0 Å². The maximum Gasteiger partial charge on any atom is 0.240 e. The van der Waals surface area contributed by atoms with Crippen LogP contribution in [0, 0.1) is 0 Å². The first-order chi connectivity index (χ1) is 9.92. The normalized spacial score (nSPS) is 18.4. The van der Waals surface area contributed by atoms with E-state index in [-0.39, 0.29) is 24.4 Å². The molecule has 0 radical (unpaired) electrons. The van der Waals surface area contributed by atoms with Crippen LogP contribution >= 0.6 is 12.4 Å². The fourth-order valence-corrected chi connectivity index (χ4v) is 2.56. The zero-order valence-electron chi connectivity index (χ0n) is 13.6. The van der Waals surface area contributed by atoms with Crippen molar-refractivity contribution in [3.05, 3.63) is 35.4 Å². The minimum Gasteiger partial charge on any atom is -0.381 e. The molecule has 1 aliphatic rings. The fraction of sp³-hybridized carbons (Fsp3) is 0.588. The number of benzene rings is 1. The fourth-order valence-electron chi connectivity index (χ4n) is 2.56. The number of hydrogen-bond donors (Lipinski definition) is 2. The SMILES string of the molecule is CC(C)c1ccc(C(C)NC(=O)C2(N)CCOCC2)cc1.Cl. The lowest BCUT2D eigenvalue weighted by Crippen LogP contribution is -2.57. The van der Waals surface area contributed by atoms with E-state index in [1.807, 2.05) is 6.92 Å². The first kappa shape index (κ1) is 18.9. The number of rotatable bonds is 4. The van der Waals surface area contributed by atoms with Gasteiger partial charge in [0.05, 0.1) is 11.6 Å². The smallest absolute Gasteiger partial charge is 0.240 e. The molecular formula is C17H27ClN2O2. The molecule has 2 rings (SSSR count). The maximum absolute atomic E-state index is 12.4. The van der Waals surface area contributed by atoms with E-state index in [0.29, 0.717) is 32.0 Å². The zero-order chi connectivity index (χ0) is 15.5. The molecular weight excluding hydrogens is 300 g/mol. The summed E-state index contributed by atoms with van der Waals surface area (Å²) in [6.07, 6.45) is 1.16. The highest BCUT2D eigenvalue weighted by Crippen LogP contribution is 2.22. The van der Waals surface area contributed by atoms with Crippen LogP contribution in [0.3, 0.4) is 0 Å². The van der Waals surface area contributed by atoms with E-state index in [1.165, 1.54) is 5.56 Å². The Morgan fingerprint density at radius 1 is 1.14 bits per heavy atom. The summed E-state index contributed by atoms with van der Waals surface area (Å²) in [5.74, 6) is 0.435. The highest BCUT2D eigenvalue weighted by Gasteiger charge is 2.36. The first-order valence-electron chi connectivity index (χ1n) is 7.70. The lowest BCUT2D eigenvalue weighted by Gasteiger charge is -2.33. The van der Waals surface area contributed by atoms with Crippen LogP contribution in [0.5, 0.6) is 0 Å². The van der Waals surface area contributed by atoms with Gasteiger partial charge in [-0.25, -0.2) is 0 Å². The van der Waals surface area contributed by atoms with Crippen molar-refractivity contribution < 1.29 is 9.53 Å². The highest BCUT2D eigenvalue weighted by molar-refractivity contribution is 5.86. The van der Waals surface area contributed by atoms with Gasteiger partial charge >= 0.3 is 0 Å². The van der Waals surface area contributed by atoms with Gasteiger partial charge in [-0.05, 0) is 36.8 Å². The van der Waals surface area contributed by atoms with Gasteiger partial charge in [-0.3, -0.25) is 4.79 Å². The molecule has 4 nitrogen and oxygen atoms in total. The lowest BCUT2D eigenvalue weighted by atomic mass is 9.89. The van der Waals surface area contributed by atoms with Crippen molar-refractivity contribution in [1.29, 1.82) is 0 Å². The van der Waals surface area contributed by atoms with Crippen molar-refractivity contribution in [2.75, 3.05) is 13.2 Å². The third-order valence-electron chi connectivity index (χ3n) is 4.29. The van der Waals surface area contributed by atoms with Crippen LogP contribution in [-0.4, -0.2) is 24.7 Å². The van der Waals surface area contributed by atoms with Gasteiger partial charge in [0.15, 0.2) is 0 Å². The Morgan fingerprint density at radius 3 is 2.14 bits per heavy atom. The second kappa shape index (κ2) is 7.95. The molecule has 0 saturated carbocycles. The van der Waals surface area contributed by atoms with Gasteiger partial charge in [0.2, 0.25) is 5.91 Å². The number of amides is 1. The number of nitrogens with one attached hydrogen (secondary N) is 1. The van der Waals surface area contributed by atoms with Crippen LogP contribution in [0.4, 0.5) is 0 Å². The third-order valence-corrected chi connectivity index (χ3v) is 4.29. The Kier molecular flexibility index (Phi) is 6.85. The summed E-state index contributed by atoms with van der Waals surface area (Å²) < 4.78 is 5.28. The second-order valence-corrected chi connectivity index (χ2v) is 6.29. The van der Waals surface area contributed by atoms with E-state index < -0.39 is 5.54 Å². The molecule has 124 valence electrons. The zero-order valence-corrected chi connectivity index (χ0v) is 14.4. The molecule has 3 N–H and O–H groups in total. The highest BCUT2D eigenvalue weighted by atomic mass is 35.5. The molecule has 1 unspecified atom stereocenters. The van der Waals surface area contributed by atoms with E-state index >= 15 is 0 Å². The molecule has 0 aliphatic carbocycles. The Labute approximate surface area is 139 Å². The molecule has 1 heterocycles. The summed E-state index contributed by atoms with van der Waals surface area (Å²) >= 11 is 0. The molecule has 0 spiro atoms. The van der Waals surface area contributed by atoms with Crippen LogP contribution in [0.1, 0.15) is 56.7 Å². The summed E-state index contributed by atoms with van der Waals surface area (Å²) in [6.45, 7) is 7.45. The second-order valence-electron chi connectivity index (χ2n) is 6.29. The summed E-state index contributed by atoms with van der Waals surface area (Å²) in [6, 6.07) is 8.35. The predicted octanol–water partition coefficient (Wildman–Crippen LogP) is 2.92. The van der Waals surface area contributed by atoms with Crippen LogP contribution < -0.4 is 11.1 Å². The quantitative estimate of drug-likeness (QED) is 0.894. The molecule has 22 heavy (non-hydrogen) atoms. The number of halogens is 1. The molecule has 1 fully saturated rings. The van der Waals surface area contributed by atoms with Gasteiger partial charge in [-0.1, -0.05) is 38.1 Å². The van der Waals surface area contributed by atoms with Crippen LogP contribution in [0.25, 0.3) is 0 Å². The standard InChI is InChI=1S/C17H26N2O2.ClH/c1-12(2)14-4-6-15(7-5-14)13(3)19-16(20)17(18)8-10-21-11-9-17;/h4-7,12-13H,8-11,18H2,1-3H3,(H,19,20);1H. The minimum atomic E-state index is -0.787. The molecule has 1 amide bonds. The van der Waals surface area contributed by atoms with E-state index in [4.69, 9.17) is 10.5 Å². The molecule has 1 aromatic rings. The molecule has 0 aromatic heterocycles. The number of carbonyl (C=O) groups is 1. The largest absolute Gasteiger partial charge is 0.381 e. The van der Waals surface area contributed by atoms with Crippen molar-refractivity contribution in [1.82, 2.24) is 5.32 Å². The molecule has 1 aliphatic heterocycles. The summed E-state index contributed by atoms with van der Waals surface area (Å²) in [5, 5.41) is 3.04. The molecule has 1 aromatic carbocycles. The number of nitrogens with two attached hydrogens (primary N) is 1. The van der Waals surface area contributed by atoms with Crippen molar-refractivity contribution in [3.8, 4) is 0 Å². The summed E-state index contributed by atoms with van der Waals surface area (Å²) in [7, 11) is 0. The Bertz CT molecular complexity index is 482. The van der Waals surface area contributed by atoms with Gasteiger partial charge in [0.1, 0.15) is 0 Å². The lowest BCUT2D eigenvalue weighted by molar-refractivity contribution is -0.130.